The van der Waals surface area contributed by atoms with E-state index in [1.807, 2.05) is 0 Å². The summed E-state index contributed by atoms with van der Waals surface area (Å²) in [6.07, 6.45) is 0.469. The summed E-state index contributed by atoms with van der Waals surface area (Å²) in [4.78, 5) is 46.0. The van der Waals surface area contributed by atoms with E-state index in [-0.39, 0.29) is 31.4 Å². The number of amides is 3. The Morgan fingerprint density at radius 2 is 1.49 bits per heavy atom. The maximum absolute atomic E-state index is 11.8. The number of hydrogen-bond donors (Lipinski definition) is 4. The van der Waals surface area contributed by atoms with Gasteiger partial charge in [-0.15, -0.1) is 0 Å². The highest BCUT2D eigenvalue weighted by molar-refractivity contribution is 5.92. The second kappa shape index (κ2) is 18.6. The van der Waals surface area contributed by atoms with Crippen molar-refractivity contribution in [1.82, 2.24) is 16.0 Å². The number of carboxylic acid groups (broad SMARTS) is 1. The molecule has 1 atom stereocenters. The zero-order valence-electron chi connectivity index (χ0n) is 21.3. The highest BCUT2D eigenvalue weighted by Gasteiger charge is 2.23. The standard InChI is InChI=1S/C23H41N3O9/c1-17(2)20(28)25-10-11-32-12-13-33-14-15-34-16-19(27)24-9-7-6-8-18(21(29)30)26-22(31)35-23(3,4)5/h18H,1,6-16H2,2-5H3,(H,24,27)(H,25,28)(H,26,31)(H,29,30)/t18-/m0/s1. The molecule has 12 heteroatoms. The Morgan fingerprint density at radius 1 is 0.886 bits per heavy atom. The maximum atomic E-state index is 11.8. The van der Waals surface area contributed by atoms with Crippen molar-refractivity contribution in [3.8, 4) is 0 Å². The van der Waals surface area contributed by atoms with Crippen molar-refractivity contribution >= 4 is 23.9 Å². The third-order valence-electron chi connectivity index (χ3n) is 4.13. The summed E-state index contributed by atoms with van der Waals surface area (Å²) >= 11 is 0. The first-order valence-electron chi connectivity index (χ1n) is 11.6. The van der Waals surface area contributed by atoms with Gasteiger partial charge in [-0.1, -0.05) is 6.58 Å². The molecular weight excluding hydrogens is 462 g/mol. The quantitative estimate of drug-likeness (QED) is 0.149. The fourth-order valence-electron chi connectivity index (χ4n) is 2.45. The number of carbonyl (C=O) groups is 4. The number of nitrogens with one attached hydrogen (secondary N) is 3. The van der Waals surface area contributed by atoms with Crippen LogP contribution >= 0.6 is 0 Å². The molecule has 0 aromatic rings. The highest BCUT2D eigenvalue weighted by atomic mass is 16.6. The summed E-state index contributed by atoms with van der Waals surface area (Å²) in [5.74, 6) is -1.63. The minimum Gasteiger partial charge on any atom is -0.480 e. The van der Waals surface area contributed by atoms with Gasteiger partial charge in [-0.05, 0) is 47.0 Å². The lowest BCUT2D eigenvalue weighted by Crippen LogP contribution is -2.43. The van der Waals surface area contributed by atoms with Crippen LogP contribution in [-0.2, 0) is 33.3 Å². The second-order valence-corrected chi connectivity index (χ2v) is 8.70. The van der Waals surface area contributed by atoms with Crippen LogP contribution in [0.25, 0.3) is 0 Å². The lowest BCUT2D eigenvalue weighted by atomic mass is 10.1. The van der Waals surface area contributed by atoms with Gasteiger partial charge in [-0.3, -0.25) is 9.59 Å². The van der Waals surface area contributed by atoms with Gasteiger partial charge in [0, 0.05) is 18.7 Å². The van der Waals surface area contributed by atoms with Gasteiger partial charge in [0.2, 0.25) is 11.8 Å². The normalized spacial score (nSPS) is 11.9. The molecule has 202 valence electrons. The molecule has 0 saturated carbocycles. The van der Waals surface area contributed by atoms with E-state index < -0.39 is 23.7 Å². The van der Waals surface area contributed by atoms with Crippen molar-refractivity contribution in [1.29, 1.82) is 0 Å². The van der Waals surface area contributed by atoms with Crippen LogP contribution in [0.4, 0.5) is 4.79 Å². The Morgan fingerprint density at radius 3 is 2.06 bits per heavy atom. The topological polar surface area (TPSA) is 162 Å². The van der Waals surface area contributed by atoms with E-state index in [0.717, 1.165) is 0 Å². The van der Waals surface area contributed by atoms with Crippen molar-refractivity contribution in [3.05, 3.63) is 12.2 Å². The minimum atomic E-state index is -1.14. The van der Waals surface area contributed by atoms with Gasteiger partial charge < -0.3 is 40.0 Å². The van der Waals surface area contributed by atoms with Crippen LogP contribution in [0.3, 0.4) is 0 Å². The molecule has 4 N–H and O–H groups in total. The molecule has 0 aromatic heterocycles. The van der Waals surface area contributed by atoms with Crippen molar-refractivity contribution in [2.24, 2.45) is 0 Å². The number of ether oxygens (including phenoxy) is 4. The van der Waals surface area contributed by atoms with E-state index in [0.29, 0.717) is 57.9 Å². The molecule has 0 fully saturated rings. The van der Waals surface area contributed by atoms with Crippen LogP contribution in [0, 0.1) is 0 Å². The summed E-state index contributed by atoms with van der Waals surface area (Å²) in [5, 5.41) is 16.9. The molecule has 0 rings (SSSR count). The first kappa shape index (κ1) is 32.3. The monoisotopic (exact) mass is 503 g/mol. The van der Waals surface area contributed by atoms with Crippen LogP contribution in [0.5, 0.6) is 0 Å². The van der Waals surface area contributed by atoms with Gasteiger partial charge in [-0.2, -0.15) is 0 Å². The molecule has 0 saturated heterocycles. The lowest BCUT2D eigenvalue weighted by Gasteiger charge is -2.22. The van der Waals surface area contributed by atoms with E-state index in [1.54, 1.807) is 27.7 Å². The molecule has 12 nitrogen and oxygen atoms in total. The third kappa shape index (κ3) is 20.4. The predicted octanol–water partition coefficient (Wildman–Crippen LogP) is 0.993. The molecule has 0 aromatic carbocycles. The number of unbranched alkanes of at least 4 members (excludes halogenated alkanes) is 1. The zero-order valence-corrected chi connectivity index (χ0v) is 21.3. The first-order valence-corrected chi connectivity index (χ1v) is 11.6. The van der Waals surface area contributed by atoms with Gasteiger partial charge >= 0.3 is 12.1 Å². The van der Waals surface area contributed by atoms with Crippen LogP contribution in [-0.4, -0.2) is 93.4 Å². The summed E-state index contributed by atoms with van der Waals surface area (Å²) in [5.41, 5.74) is -0.271. The van der Waals surface area contributed by atoms with Gasteiger partial charge in [0.05, 0.1) is 33.0 Å². The zero-order chi connectivity index (χ0) is 26.7. The third-order valence-corrected chi connectivity index (χ3v) is 4.13. The summed E-state index contributed by atoms with van der Waals surface area (Å²) in [6.45, 7) is 12.6. The molecule has 0 radical (unpaired) electrons. The number of aliphatic carboxylic acids is 1. The Kier molecular flexibility index (Phi) is 17.2. The molecule has 0 aliphatic carbocycles. The minimum absolute atomic E-state index is 0.111. The smallest absolute Gasteiger partial charge is 0.408 e. The lowest BCUT2D eigenvalue weighted by molar-refractivity contribution is -0.139. The molecule has 3 amide bonds. The summed E-state index contributed by atoms with van der Waals surface area (Å²) in [7, 11) is 0. The average Bonchev–Trinajstić information content (AvgIpc) is 2.74. The van der Waals surface area contributed by atoms with E-state index in [9.17, 15) is 24.3 Å². The number of hydrogen-bond acceptors (Lipinski definition) is 8. The largest absolute Gasteiger partial charge is 0.480 e. The van der Waals surface area contributed by atoms with Crippen molar-refractivity contribution in [2.75, 3.05) is 52.7 Å². The molecule has 0 heterocycles. The fourth-order valence-corrected chi connectivity index (χ4v) is 2.45. The molecule has 0 spiro atoms. The van der Waals surface area contributed by atoms with Crippen molar-refractivity contribution < 1.29 is 43.2 Å². The van der Waals surface area contributed by atoms with E-state index in [1.165, 1.54) is 0 Å². The molecular formula is C23H41N3O9. The van der Waals surface area contributed by atoms with E-state index in [4.69, 9.17) is 18.9 Å². The van der Waals surface area contributed by atoms with Crippen LogP contribution in [0.2, 0.25) is 0 Å². The Balaban J connectivity index is 3.66. The maximum Gasteiger partial charge on any atom is 0.408 e. The SMILES string of the molecule is C=C(C)C(=O)NCCOCCOCCOCC(=O)NCCCC[C@H](NC(=O)OC(C)(C)C)C(=O)O. The highest BCUT2D eigenvalue weighted by Crippen LogP contribution is 2.08. The van der Waals surface area contributed by atoms with Gasteiger partial charge in [0.1, 0.15) is 18.2 Å². The van der Waals surface area contributed by atoms with Crippen LogP contribution in [0.15, 0.2) is 12.2 Å². The van der Waals surface area contributed by atoms with Crippen LogP contribution < -0.4 is 16.0 Å². The van der Waals surface area contributed by atoms with E-state index in [2.05, 4.69) is 22.5 Å². The summed E-state index contributed by atoms with van der Waals surface area (Å²) < 4.78 is 20.9. The van der Waals surface area contributed by atoms with Crippen LogP contribution in [0.1, 0.15) is 47.0 Å². The molecule has 0 bridgehead atoms. The van der Waals surface area contributed by atoms with Gasteiger partial charge in [0.15, 0.2) is 0 Å². The van der Waals surface area contributed by atoms with Gasteiger partial charge in [-0.25, -0.2) is 9.59 Å². The Labute approximate surface area is 207 Å². The fraction of sp³-hybridized carbons (Fsp3) is 0.739. The Hall–Kier alpha value is -2.70. The average molecular weight is 504 g/mol. The Bertz CT molecular complexity index is 678. The molecule has 0 aliphatic heterocycles. The number of rotatable bonds is 19. The number of carboxylic acids is 1. The number of carbonyl (C=O) groups excluding carboxylic acids is 3. The van der Waals surface area contributed by atoms with E-state index >= 15 is 0 Å². The molecule has 0 aliphatic rings. The predicted molar refractivity (Wildman–Crippen MR) is 128 cm³/mol. The van der Waals surface area contributed by atoms with Crippen molar-refractivity contribution in [3.63, 3.8) is 0 Å². The number of alkyl carbamates (subject to hydrolysis) is 1. The van der Waals surface area contributed by atoms with Gasteiger partial charge in [0.25, 0.3) is 0 Å². The van der Waals surface area contributed by atoms with Crippen molar-refractivity contribution in [2.45, 2.75) is 58.6 Å². The second-order valence-electron chi connectivity index (χ2n) is 8.70. The molecule has 35 heavy (non-hydrogen) atoms. The first-order chi connectivity index (χ1) is 16.4. The summed E-state index contributed by atoms with van der Waals surface area (Å²) in [6, 6.07) is -1.06. The molecule has 0 unspecified atom stereocenters.